The molecular weight excluding hydrogens is 330 g/mol. The Morgan fingerprint density at radius 1 is 1.25 bits per heavy atom. The van der Waals surface area contributed by atoms with Gasteiger partial charge in [-0.05, 0) is 25.5 Å². The van der Waals surface area contributed by atoms with Gasteiger partial charge in [0.25, 0.3) is 5.91 Å². The van der Waals surface area contributed by atoms with E-state index in [0.717, 1.165) is 10.8 Å². The van der Waals surface area contributed by atoms with Crippen molar-refractivity contribution in [3.8, 4) is 5.75 Å². The monoisotopic (exact) mass is 347 g/mol. The molecular formula is C18H18ClNO4. The lowest BCUT2D eigenvalue weighted by molar-refractivity contribution is -0.143. The number of rotatable bonds is 4. The van der Waals surface area contributed by atoms with Crippen LogP contribution in [-0.4, -0.2) is 41.1 Å². The Hall–Kier alpha value is -2.27. The molecule has 2 aromatic rings. The molecule has 126 valence electrons. The van der Waals surface area contributed by atoms with Crippen LogP contribution < -0.4 is 4.74 Å². The number of ether oxygens (including phenoxy) is 1. The van der Waals surface area contributed by atoms with Gasteiger partial charge in [0.05, 0.1) is 5.92 Å². The van der Waals surface area contributed by atoms with Gasteiger partial charge >= 0.3 is 5.97 Å². The normalized spacial score (nSPS) is 20.3. The zero-order chi connectivity index (χ0) is 17.3. The maximum Gasteiger partial charge on any atom is 0.308 e. The van der Waals surface area contributed by atoms with Crippen molar-refractivity contribution in [2.24, 2.45) is 5.92 Å². The van der Waals surface area contributed by atoms with Crippen molar-refractivity contribution in [3.63, 3.8) is 0 Å². The summed E-state index contributed by atoms with van der Waals surface area (Å²) in [6, 6.07) is 10.7. The van der Waals surface area contributed by atoms with E-state index < -0.39 is 11.9 Å². The molecule has 1 saturated heterocycles. The number of nitrogens with zero attached hydrogens (tertiary/aromatic N) is 1. The summed E-state index contributed by atoms with van der Waals surface area (Å²) in [4.78, 5) is 25.1. The minimum absolute atomic E-state index is 0.123. The summed E-state index contributed by atoms with van der Waals surface area (Å²) in [6.45, 7) is 2.09. The molecule has 0 radical (unpaired) electrons. The predicted octanol–water partition coefficient (Wildman–Crippen LogP) is 3.19. The Kier molecular flexibility index (Phi) is 4.62. The molecule has 0 saturated carbocycles. The first-order chi connectivity index (χ1) is 11.5. The van der Waals surface area contributed by atoms with Gasteiger partial charge in [0.1, 0.15) is 5.75 Å². The number of carbonyl (C=O) groups excluding carboxylic acids is 1. The molecule has 1 aliphatic heterocycles. The van der Waals surface area contributed by atoms with Crippen LogP contribution in [-0.2, 0) is 9.59 Å². The number of carboxylic acid groups (broad SMARTS) is 1. The minimum Gasteiger partial charge on any atom is -0.483 e. The highest BCUT2D eigenvalue weighted by Gasteiger charge is 2.38. The fourth-order valence-corrected chi connectivity index (χ4v) is 3.43. The lowest BCUT2D eigenvalue weighted by Crippen LogP contribution is -2.40. The van der Waals surface area contributed by atoms with Crippen molar-refractivity contribution in [1.29, 1.82) is 0 Å². The number of hydrogen-bond acceptors (Lipinski definition) is 3. The van der Waals surface area contributed by atoms with Gasteiger partial charge in [0, 0.05) is 28.4 Å². The second-order valence-corrected chi connectivity index (χ2v) is 6.35. The summed E-state index contributed by atoms with van der Waals surface area (Å²) in [7, 11) is 0. The van der Waals surface area contributed by atoms with Gasteiger partial charge in [-0.1, -0.05) is 35.9 Å². The zero-order valence-electron chi connectivity index (χ0n) is 13.2. The second-order valence-electron chi connectivity index (χ2n) is 5.94. The van der Waals surface area contributed by atoms with Crippen LogP contribution in [0, 0.1) is 5.92 Å². The first kappa shape index (κ1) is 16.6. The molecule has 6 heteroatoms. The third-order valence-electron chi connectivity index (χ3n) is 4.57. The van der Waals surface area contributed by atoms with Crippen molar-refractivity contribution in [2.45, 2.75) is 19.4 Å². The van der Waals surface area contributed by atoms with Crippen LogP contribution in [0.1, 0.15) is 13.3 Å². The first-order valence-electron chi connectivity index (χ1n) is 7.81. The summed E-state index contributed by atoms with van der Waals surface area (Å²) in [5.74, 6) is -0.983. The lowest BCUT2D eigenvalue weighted by Gasteiger charge is -2.23. The van der Waals surface area contributed by atoms with Crippen molar-refractivity contribution in [2.75, 3.05) is 13.2 Å². The van der Waals surface area contributed by atoms with Crippen molar-refractivity contribution < 1.29 is 19.4 Å². The molecule has 0 bridgehead atoms. The van der Waals surface area contributed by atoms with Gasteiger partial charge in [-0.25, -0.2) is 0 Å². The molecule has 0 aliphatic carbocycles. The van der Waals surface area contributed by atoms with Crippen LogP contribution in [0.15, 0.2) is 36.4 Å². The van der Waals surface area contributed by atoms with E-state index in [0.29, 0.717) is 23.7 Å². The lowest BCUT2D eigenvalue weighted by atomic mass is 10.0. The average Bonchev–Trinajstić information content (AvgIpc) is 2.96. The van der Waals surface area contributed by atoms with Crippen LogP contribution in [0.2, 0.25) is 5.02 Å². The Morgan fingerprint density at radius 3 is 2.62 bits per heavy atom. The Bertz CT molecular complexity index is 792. The highest BCUT2D eigenvalue weighted by atomic mass is 35.5. The molecule has 1 N–H and O–H groups in total. The smallest absolute Gasteiger partial charge is 0.308 e. The summed E-state index contributed by atoms with van der Waals surface area (Å²) >= 11 is 6.17. The summed E-state index contributed by atoms with van der Waals surface area (Å²) in [5, 5.41) is 11.5. The molecule has 24 heavy (non-hydrogen) atoms. The van der Waals surface area contributed by atoms with Gasteiger partial charge in [-0.2, -0.15) is 0 Å². The number of benzene rings is 2. The summed E-state index contributed by atoms with van der Waals surface area (Å²) in [5.41, 5.74) is 0. The molecule has 2 unspecified atom stereocenters. The zero-order valence-corrected chi connectivity index (χ0v) is 14.0. The van der Waals surface area contributed by atoms with Crippen molar-refractivity contribution in [3.05, 3.63) is 41.4 Å². The van der Waals surface area contributed by atoms with E-state index in [1.54, 1.807) is 24.0 Å². The van der Waals surface area contributed by atoms with Crippen LogP contribution >= 0.6 is 11.6 Å². The van der Waals surface area contributed by atoms with Crippen LogP contribution in [0.25, 0.3) is 10.8 Å². The third-order valence-corrected chi connectivity index (χ3v) is 4.90. The SMILES string of the molecule is CC1C(C(=O)O)CCN1C(=O)COc1ccc(Cl)c2ccccc12. The molecule has 3 rings (SSSR count). The largest absolute Gasteiger partial charge is 0.483 e. The van der Waals surface area contributed by atoms with Gasteiger partial charge < -0.3 is 14.7 Å². The van der Waals surface area contributed by atoms with Gasteiger partial charge in [0.15, 0.2) is 6.61 Å². The molecule has 1 amide bonds. The molecule has 2 aromatic carbocycles. The van der Waals surface area contributed by atoms with E-state index in [-0.39, 0.29) is 18.6 Å². The number of likely N-dealkylation sites (tertiary alicyclic amines) is 1. The van der Waals surface area contributed by atoms with Gasteiger partial charge in [0.2, 0.25) is 0 Å². The Balaban J connectivity index is 1.72. The number of halogens is 1. The molecule has 1 fully saturated rings. The first-order valence-corrected chi connectivity index (χ1v) is 8.19. The third kappa shape index (κ3) is 3.04. The maximum absolute atomic E-state index is 12.4. The Morgan fingerprint density at radius 2 is 1.96 bits per heavy atom. The standard InChI is InChI=1S/C18H18ClNO4/c1-11-12(18(22)23)8-9-20(11)17(21)10-24-16-7-6-15(19)13-4-2-3-5-14(13)16/h2-7,11-12H,8-10H2,1H3,(H,22,23). The van der Waals surface area contributed by atoms with Crippen molar-refractivity contribution in [1.82, 2.24) is 4.90 Å². The molecule has 0 spiro atoms. The van der Waals surface area contributed by atoms with Crippen LogP contribution in [0.4, 0.5) is 0 Å². The highest BCUT2D eigenvalue weighted by Crippen LogP contribution is 2.31. The number of carboxylic acids is 1. The van der Waals surface area contributed by atoms with Crippen molar-refractivity contribution >= 4 is 34.2 Å². The summed E-state index contributed by atoms with van der Waals surface area (Å²) < 4.78 is 5.70. The fourth-order valence-electron chi connectivity index (χ4n) is 3.20. The summed E-state index contributed by atoms with van der Waals surface area (Å²) in [6.07, 6.45) is 0.478. The predicted molar refractivity (Wildman–Crippen MR) is 91.4 cm³/mol. The van der Waals surface area contributed by atoms with E-state index in [4.69, 9.17) is 21.4 Å². The van der Waals surface area contributed by atoms with Gasteiger partial charge in [-0.15, -0.1) is 0 Å². The van der Waals surface area contributed by atoms with E-state index in [9.17, 15) is 9.59 Å². The Labute approximate surface area is 144 Å². The molecule has 1 heterocycles. The molecule has 0 aromatic heterocycles. The number of carbonyl (C=O) groups is 2. The average molecular weight is 348 g/mol. The van der Waals surface area contributed by atoms with Crippen LogP contribution in [0.5, 0.6) is 5.75 Å². The van der Waals surface area contributed by atoms with Gasteiger partial charge in [-0.3, -0.25) is 9.59 Å². The number of hydrogen-bond donors (Lipinski definition) is 1. The maximum atomic E-state index is 12.4. The van der Waals surface area contributed by atoms with E-state index >= 15 is 0 Å². The molecule has 1 aliphatic rings. The fraction of sp³-hybridized carbons (Fsp3) is 0.333. The van der Waals surface area contributed by atoms with E-state index in [1.165, 1.54) is 0 Å². The topological polar surface area (TPSA) is 66.8 Å². The molecule has 5 nitrogen and oxygen atoms in total. The van der Waals surface area contributed by atoms with E-state index in [2.05, 4.69) is 0 Å². The molecule has 2 atom stereocenters. The number of aliphatic carboxylic acids is 1. The van der Waals surface area contributed by atoms with E-state index in [1.807, 2.05) is 24.3 Å². The minimum atomic E-state index is -0.859. The van der Waals surface area contributed by atoms with Crippen LogP contribution in [0.3, 0.4) is 0 Å². The number of fused-ring (bicyclic) bond motifs is 1. The number of amides is 1. The quantitative estimate of drug-likeness (QED) is 0.922. The highest BCUT2D eigenvalue weighted by molar-refractivity contribution is 6.35. The second kappa shape index (κ2) is 6.69.